The summed E-state index contributed by atoms with van der Waals surface area (Å²) in [5, 5.41) is 14.4. The second-order valence-corrected chi connectivity index (χ2v) is 9.24. The Morgan fingerprint density at radius 2 is 2.00 bits per heavy atom. The fourth-order valence-electron chi connectivity index (χ4n) is 5.15. The predicted molar refractivity (Wildman–Crippen MR) is 108 cm³/mol. The van der Waals surface area contributed by atoms with Crippen LogP contribution in [0.5, 0.6) is 5.75 Å². The number of hydrogen-bond acceptors (Lipinski definition) is 4. The van der Waals surface area contributed by atoms with Gasteiger partial charge in [-0.2, -0.15) is 5.10 Å². The Morgan fingerprint density at radius 1 is 1.18 bits per heavy atom. The van der Waals surface area contributed by atoms with Gasteiger partial charge in [-0.1, -0.05) is 12.1 Å². The molecule has 0 bridgehead atoms. The van der Waals surface area contributed by atoms with Crippen LogP contribution in [0.15, 0.2) is 36.7 Å². The van der Waals surface area contributed by atoms with Crippen LogP contribution in [-0.2, 0) is 11.3 Å². The molecule has 1 N–H and O–H groups in total. The molecule has 1 aliphatic heterocycles. The Bertz CT molecular complexity index is 816. The highest BCUT2D eigenvalue weighted by atomic mass is 16.5. The normalized spacial score (nSPS) is 30.5. The number of phenols is 1. The zero-order valence-corrected chi connectivity index (χ0v) is 16.7. The van der Waals surface area contributed by atoms with Gasteiger partial charge in [0.25, 0.3) is 0 Å². The third-order valence-electron chi connectivity index (χ3n) is 6.79. The number of aryl methyl sites for hydroxylation is 1. The van der Waals surface area contributed by atoms with E-state index in [0.29, 0.717) is 23.6 Å². The zero-order valence-electron chi connectivity index (χ0n) is 16.7. The third-order valence-corrected chi connectivity index (χ3v) is 6.79. The van der Waals surface area contributed by atoms with Gasteiger partial charge in [0.2, 0.25) is 0 Å². The molecule has 2 aromatic rings. The van der Waals surface area contributed by atoms with Crippen LogP contribution in [0.2, 0.25) is 0 Å². The summed E-state index contributed by atoms with van der Waals surface area (Å²) in [6, 6.07) is 8.03. The predicted octanol–water partition coefficient (Wildman–Crippen LogP) is 3.78. The summed E-state index contributed by atoms with van der Waals surface area (Å²) < 4.78 is 8.62. The fraction of sp³-hybridized carbons (Fsp3) is 0.609. The lowest BCUT2D eigenvalue weighted by atomic mass is 9.77. The summed E-state index contributed by atoms with van der Waals surface area (Å²) in [6.45, 7) is 6.22. The van der Waals surface area contributed by atoms with Crippen molar-refractivity contribution >= 4 is 0 Å². The van der Waals surface area contributed by atoms with Gasteiger partial charge in [0, 0.05) is 32.4 Å². The minimum Gasteiger partial charge on any atom is -0.508 e. The Labute approximate surface area is 167 Å². The molecule has 0 spiro atoms. The number of likely N-dealkylation sites (tertiary alicyclic amines) is 1. The smallest absolute Gasteiger partial charge is 0.115 e. The molecule has 5 heteroatoms. The molecule has 4 atom stereocenters. The first-order chi connectivity index (χ1) is 13.6. The van der Waals surface area contributed by atoms with Gasteiger partial charge in [-0.05, 0) is 73.6 Å². The average molecular weight is 382 g/mol. The van der Waals surface area contributed by atoms with Crippen LogP contribution in [-0.4, -0.2) is 45.6 Å². The molecular formula is C23H31N3O2. The molecule has 0 amide bonds. The SMILES string of the molecule is Cc1cnn([C@H]2C[C@H]3CN(Cc4cccc(O)c4)C[C@H]3C[C@@H]2OCC2CC2)c1. The molecule has 1 aromatic heterocycles. The molecule has 1 aromatic carbocycles. The largest absolute Gasteiger partial charge is 0.508 e. The number of ether oxygens (including phenoxy) is 1. The van der Waals surface area contributed by atoms with E-state index in [4.69, 9.17) is 4.74 Å². The van der Waals surface area contributed by atoms with Crippen LogP contribution in [0.3, 0.4) is 0 Å². The van der Waals surface area contributed by atoms with Crippen molar-refractivity contribution in [3.8, 4) is 5.75 Å². The number of phenolic OH excluding ortho intramolecular Hbond substituents is 1. The van der Waals surface area contributed by atoms with Gasteiger partial charge in [0.05, 0.1) is 18.3 Å². The fourth-order valence-corrected chi connectivity index (χ4v) is 5.15. The maximum atomic E-state index is 9.75. The Hall–Kier alpha value is -1.85. The molecule has 0 radical (unpaired) electrons. The molecule has 5 rings (SSSR count). The van der Waals surface area contributed by atoms with Gasteiger partial charge >= 0.3 is 0 Å². The van der Waals surface area contributed by atoms with Crippen LogP contribution < -0.4 is 0 Å². The number of benzene rings is 1. The van der Waals surface area contributed by atoms with Crippen molar-refractivity contribution in [3.05, 3.63) is 47.8 Å². The topological polar surface area (TPSA) is 50.5 Å². The standard InChI is InChI=1S/C23H31N3O2/c1-16-10-24-26(11-16)22-8-19-13-25(12-18-3-2-4-21(27)7-18)14-20(19)9-23(22)28-15-17-5-6-17/h2-4,7,10-11,17,19-20,22-23,27H,5-6,8-9,12-15H2,1H3/t19-,20+,22-,23-/m0/s1. The molecular weight excluding hydrogens is 350 g/mol. The van der Waals surface area contributed by atoms with E-state index in [1.807, 2.05) is 18.3 Å². The number of rotatable bonds is 6. The van der Waals surface area contributed by atoms with E-state index in [0.717, 1.165) is 45.0 Å². The van der Waals surface area contributed by atoms with Crippen molar-refractivity contribution in [2.75, 3.05) is 19.7 Å². The zero-order chi connectivity index (χ0) is 19.1. The maximum absolute atomic E-state index is 9.75. The molecule has 1 saturated heterocycles. The highest BCUT2D eigenvalue weighted by molar-refractivity contribution is 5.27. The van der Waals surface area contributed by atoms with Gasteiger partial charge in [-0.3, -0.25) is 9.58 Å². The van der Waals surface area contributed by atoms with E-state index in [1.165, 1.54) is 24.0 Å². The van der Waals surface area contributed by atoms with E-state index in [1.54, 1.807) is 6.07 Å². The first kappa shape index (κ1) is 18.2. The molecule has 150 valence electrons. The van der Waals surface area contributed by atoms with Crippen molar-refractivity contribution in [2.45, 2.75) is 51.3 Å². The molecule has 2 aliphatic carbocycles. The highest BCUT2D eigenvalue weighted by Crippen LogP contribution is 2.43. The first-order valence-electron chi connectivity index (χ1n) is 10.8. The number of hydrogen-bond donors (Lipinski definition) is 1. The monoisotopic (exact) mass is 381 g/mol. The molecule has 5 nitrogen and oxygen atoms in total. The highest BCUT2D eigenvalue weighted by Gasteiger charge is 2.44. The summed E-state index contributed by atoms with van der Waals surface area (Å²) in [5.74, 6) is 2.56. The van der Waals surface area contributed by atoms with Crippen molar-refractivity contribution in [3.63, 3.8) is 0 Å². The lowest BCUT2D eigenvalue weighted by molar-refractivity contribution is -0.0371. The van der Waals surface area contributed by atoms with Crippen molar-refractivity contribution in [1.82, 2.24) is 14.7 Å². The lowest BCUT2D eigenvalue weighted by Crippen LogP contribution is -2.38. The lowest BCUT2D eigenvalue weighted by Gasteiger charge is -2.38. The van der Waals surface area contributed by atoms with Gasteiger partial charge in [-0.15, -0.1) is 0 Å². The molecule has 3 aliphatic rings. The third kappa shape index (κ3) is 3.96. The van der Waals surface area contributed by atoms with Gasteiger partial charge in [0.1, 0.15) is 5.75 Å². The van der Waals surface area contributed by atoms with Crippen LogP contribution in [0.4, 0.5) is 0 Å². The summed E-state index contributed by atoms with van der Waals surface area (Å²) in [5.41, 5.74) is 2.42. The number of fused-ring (bicyclic) bond motifs is 1. The van der Waals surface area contributed by atoms with Crippen LogP contribution in [0.25, 0.3) is 0 Å². The van der Waals surface area contributed by atoms with E-state index in [-0.39, 0.29) is 6.10 Å². The minimum atomic E-state index is 0.280. The van der Waals surface area contributed by atoms with E-state index in [2.05, 4.69) is 33.9 Å². The van der Waals surface area contributed by atoms with Gasteiger partial charge < -0.3 is 9.84 Å². The van der Waals surface area contributed by atoms with E-state index < -0.39 is 0 Å². The van der Waals surface area contributed by atoms with Crippen LogP contribution >= 0.6 is 0 Å². The maximum Gasteiger partial charge on any atom is 0.115 e. The molecule has 0 unspecified atom stereocenters. The van der Waals surface area contributed by atoms with E-state index >= 15 is 0 Å². The van der Waals surface area contributed by atoms with E-state index in [9.17, 15) is 5.11 Å². The summed E-state index contributed by atoms with van der Waals surface area (Å²) in [4.78, 5) is 2.55. The number of aromatic hydroxyl groups is 1. The molecule has 28 heavy (non-hydrogen) atoms. The number of aromatic nitrogens is 2. The minimum absolute atomic E-state index is 0.280. The van der Waals surface area contributed by atoms with Crippen molar-refractivity contribution in [1.29, 1.82) is 0 Å². The molecule has 2 heterocycles. The number of nitrogens with zero attached hydrogens (tertiary/aromatic N) is 3. The van der Waals surface area contributed by atoms with Crippen LogP contribution in [0.1, 0.15) is 42.9 Å². The molecule has 2 saturated carbocycles. The average Bonchev–Trinajstić information content (AvgIpc) is 3.27. The summed E-state index contributed by atoms with van der Waals surface area (Å²) in [6.07, 6.45) is 9.38. The van der Waals surface area contributed by atoms with Gasteiger partial charge in [0.15, 0.2) is 0 Å². The second-order valence-electron chi connectivity index (χ2n) is 9.24. The van der Waals surface area contributed by atoms with Crippen molar-refractivity contribution < 1.29 is 9.84 Å². The Morgan fingerprint density at radius 3 is 2.71 bits per heavy atom. The molecule has 3 fully saturated rings. The summed E-state index contributed by atoms with van der Waals surface area (Å²) in [7, 11) is 0. The summed E-state index contributed by atoms with van der Waals surface area (Å²) >= 11 is 0. The van der Waals surface area contributed by atoms with Crippen molar-refractivity contribution in [2.24, 2.45) is 17.8 Å². The van der Waals surface area contributed by atoms with Gasteiger partial charge in [-0.25, -0.2) is 0 Å². The second kappa shape index (κ2) is 7.53. The first-order valence-corrected chi connectivity index (χ1v) is 10.8. The van der Waals surface area contributed by atoms with Crippen LogP contribution in [0, 0.1) is 24.7 Å². The Kier molecular flexibility index (Phi) is 4.89. The quantitative estimate of drug-likeness (QED) is 0.827. The Balaban J connectivity index is 1.28.